The van der Waals surface area contributed by atoms with Gasteiger partial charge in [0.2, 0.25) is 0 Å². The summed E-state index contributed by atoms with van der Waals surface area (Å²) in [4.78, 5) is 0. The van der Waals surface area contributed by atoms with Gasteiger partial charge in [0.05, 0.1) is 0 Å². The summed E-state index contributed by atoms with van der Waals surface area (Å²) in [7, 11) is 0. The molecule has 5 heavy (non-hydrogen) atoms. The van der Waals surface area contributed by atoms with Crippen molar-refractivity contribution in [1.82, 2.24) is 0 Å². The van der Waals surface area contributed by atoms with E-state index in [4.69, 9.17) is 0 Å². The summed E-state index contributed by atoms with van der Waals surface area (Å²) < 4.78 is 0. The molecule has 0 aliphatic heterocycles. The monoisotopic (exact) mass is 523 g/mol. The first-order valence-electron chi connectivity index (χ1n) is 0. The molecule has 0 atom stereocenters. The molecule has 0 saturated carbocycles. The summed E-state index contributed by atoms with van der Waals surface area (Å²) >= 11 is 0. The molecule has 0 radical (unpaired) electrons. The molecule has 0 rings (SSSR count). The Morgan fingerprint density at radius 1 is 1.00 bits per heavy atom. The van der Waals surface area contributed by atoms with Gasteiger partial charge in [-0.2, -0.15) is 0 Å². The summed E-state index contributed by atoms with van der Waals surface area (Å²) in [6.45, 7) is 0. The van der Waals surface area contributed by atoms with Crippen molar-refractivity contribution in [1.29, 1.82) is 0 Å². The van der Waals surface area contributed by atoms with Gasteiger partial charge in [0.1, 0.15) is 0 Å². The molecule has 0 saturated heterocycles. The van der Waals surface area contributed by atoms with Crippen molar-refractivity contribution in [3.05, 3.63) is 0 Å². The predicted octanol–water partition coefficient (Wildman–Crippen LogP) is -0.505. The van der Waals surface area contributed by atoms with Gasteiger partial charge in [0, 0.05) is 0 Å². The Bertz CT molecular complexity index is 11.6. The van der Waals surface area contributed by atoms with Crippen molar-refractivity contribution in [2.45, 2.75) is 0 Å². The van der Waals surface area contributed by atoms with Crippen LogP contribution in [-0.4, -0.2) is 23.9 Å². The maximum absolute atomic E-state index is 0. The summed E-state index contributed by atoms with van der Waals surface area (Å²) in [6.07, 6.45) is 0. The van der Waals surface area contributed by atoms with Crippen LogP contribution in [0.5, 0.6) is 0 Å². The van der Waals surface area contributed by atoms with Crippen LogP contribution in [0.1, 0.15) is 0 Å². The predicted molar refractivity (Wildman–Crippen MR) is 6.44 cm³/mol. The Labute approximate surface area is 103 Å². The molecule has 10 valence electrons. The van der Waals surface area contributed by atoms with Gasteiger partial charge < -0.3 is 5.48 Å². The summed E-state index contributed by atoms with van der Waals surface area (Å²) in [5.74, 6) is 0. The molecule has 0 aliphatic carbocycles. The second-order valence-corrected chi connectivity index (χ2v) is 0. The molecule has 1 nitrogen and oxygen atoms in total. The van der Waals surface area contributed by atoms with Gasteiger partial charge in [0.15, 0.2) is 0 Å². The van der Waals surface area contributed by atoms with Gasteiger partial charge in [-0.25, -0.2) is 0 Å². The maximum Gasteiger partial charge on any atom is 4.00 e. The number of hydrogen-bond donors (Lipinski definition) is 0. The fraction of sp³-hybridized carbons (Fsp3) is 0. The first-order chi connectivity index (χ1) is 0. The molecule has 0 aromatic rings. The Balaban J connectivity index is 0. The van der Waals surface area contributed by atoms with E-state index in [9.17, 15) is 0 Å². The maximum atomic E-state index is 0. The second kappa shape index (κ2) is 26.7. The van der Waals surface area contributed by atoms with Crippen LogP contribution >= 0.6 is 0 Å². The van der Waals surface area contributed by atoms with Crippen LogP contribution in [-0.2, 0) is 46.0 Å². The van der Waals surface area contributed by atoms with Gasteiger partial charge in [-0.15, -0.1) is 0 Å². The molecule has 0 aromatic heterocycles. The van der Waals surface area contributed by atoms with Crippen LogP contribution in [0.2, 0.25) is 0 Å². The smallest absolute Gasteiger partial charge is 2.00 e. The van der Waals surface area contributed by atoms with E-state index in [2.05, 4.69) is 0 Å². The molecule has 0 unspecified atom stereocenters. The third kappa shape index (κ3) is 18.9. The average Bonchev–Trinajstić information content (AvgIpc) is 0. The Hall–Kier alpha value is 3.27. The summed E-state index contributed by atoms with van der Waals surface area (Å²) in [5, 5.41) is 0. The van der Waals surface area contributed by atoms with Crippen LogP contribution in [0.4, 0.5) is 0 Å². The minimum Gasteiger partial charge on any atom is -2.00 e. The number of hydrogen-bond acceptors (Lipinski definition) is 0. The van der Waals surface area contributed by atoms with Gasteiger partial charge in [-0.3, -0.25) is 0 Å². The first-order valence-corrected chi connectivity index (χ1v) is 0. The molecule has 0 bridgehead atoms. The first kappa shape index (κ1) is 40.9. The molecule has 0 N–H and O–H groups in total. The minimum atomic E-state index is 0. The van der Waals surface area contributed by atoms with Crippen molar-refractivity contribution in [2.24, 2.45) is 0 Å². The van der Waals surface area contributed by atoms with E-state index in [1.54, 1.807) is 0 Å². The molecular formula is LaOSnWZn+11. The molecule has 5 heteroatoms. The third-order valence-electron chi connectivity index (χ3n) is 0. The van der Waals surface area contributed by atoms with E-state index in [1.165, 1.54) is 0 Å². The van der Waals surface area contributed by atoms with Crippen molar-refractivity contribution in [2.75, 3.05) is 0 Å². The van der Waals surface area contributed by atoms with Crippen LogP contribution in [0.3, 0.4) is 0 Å². The summed E-state index contributed by atoms with van der Waals surface area (Å²) in [5.41, 5.74) is 0. The third-order valence-corrected chi connectivity index (χ3v) is 0. The molecule has 0 spiro atoms. The van der Waals surface area contributed by atoms with Crippen LogP contribution in [0.15, 0.2) is 0 Å². The van der Waals surface area contributed by atoms with Crippen LogP contribution in [0.25, 0.3) is 0 Å². The van der Waals surface area contributed by atoms with E-state index in [1.807, 2.05) is 0 Å². The zero-order chi connectivity index (χ0) is 0. The van der Waals surface area contributed by atoms with Crippen molar-refractivity contribution in [3.63, 3.8) is 0 Å². The number of rotatable bonds is 0. The molecular weight excluding hydrogens is 523 g/mol. The topological polar surface area (TPSA) is 28.5 Å². The van der Waals surface area contributed by atoms with Gasteiger partial charge >= 0.3 is 100 Å². The molecule has 0 amide bonds. The van der Waals surface area contributed by atoms with Crippen molar-refractivity contribution in [3.8, 4) is 0 Å². The fourth-order valence-electron chi connectivity index (χ4n) is 0. The zero-order valence-corrected chi connectivity index (χ0v) is 15.0. The quantitative estimate of drug-likeness (QED) is 0.384. The molecule has 0 fully saturated rings. The fourth-order valence-corrected chi connectivity index (χ4v) is 0. The minimum absolute atomic E-state index is 0. The second-order valence-electron chi connectivity index (χ2n) is 0. The van der Waals surface area contributed by atoms with E-state index in [-0.39, 0.29) is 106 Å². The normalized spacial score (nSPS) is 0. The van der Waals surface area contributed by atoms with E-state index in [0.717, 1.165) is 0 Å². The van der Waals surface area contributed by atoms with Crippen LogP contribution in [0, 0.1) is 35.6 Å². The SMILES string of the molecule is [La+3].[O-2].[Sn+4].[W+4].[Zn+2]. The molecule has 0 aromatic carbocycles. The van der Waals surface area contributed by atoms with Gasteiger partial charge in [-0.1, -0.05) is 0 Å². The van der Waals surface area contributed by atoms with Crippen LogP contribution < -0.4 is 0 Å². The standard InChI is InChI=1S/La.O.Sn.W.Zn/q+3;-2;2*+4;+2. The Morgan fingerprint density at radius 3 is 1.00 bits per heavy atom. The van der Waals surface area contributed by atoms with E-state index in [0.29, 0.717) is 0 Å². The van der Waals surface area contributed by atoms with Gasteiger partial charge in [-0.05, 0) is 0 Å². The van der Waals surface area contributed by atoms with Crippen molar-refractivity contribution < 1.29 is 81.6 Å². The van der Waals surface area contributed by atoms with E-state index < -0.39 is 0 Å². The Kier molecular flexibility index (Phi) is 219. The zero-order valence-electron chi connectivity index (χ0n) is 2.60. The molecule has 0 heterocycles. The average molecular weight is 523 g/mol. The summed E-state index contributed by atoms with van der Waals surface area (Å²) in [6, 6.07) is 0. The van der Waals surface area contributed by atoms with Crippen molar-refractivity contribution >= 4 is 23.9 Å². The Morgan fingerprint density at radius 2 is 1.00 bits per heavy atom. The van der Waals surface area contributed by atoms with E-state index >= 15 is 0 Å². The van der Waals surface area contributed by atoms with Gasteiger partial charge in [0.25, 0.3) is 0 Å². The largest absolute Gasteiger partial charge is 4.00 e. The molecule has 0 aliphatic rings.